The van der Waals surface area contributed by atoms with Gasteiger partial charge in [-0.25, -0.2) is 4.98 Å². The third kappa shape index (κ3) is 3.38. The van der Waals surface area contributed by atoms with Crippen LogP contribution in [0.5, 0.6) is 5.75 Å². The zero-order valence-corrected chi connectivity index (χ0v) is 13.4. The van der Waals surface area contributed by atoms with E-state index in [1.165, 1.54) is 16.0 Å². The first kappa shape index (κ1) is 15.0. The molecule has 0 spiro atoms. The molecule has 1 aromatic carbocycles. The van der Waals surface area contributed by atoms with Gasteiger partial charge in [-0.1, -0.05) is 19.9 Å². The van der Waals surface area contributed by atoms with Crippen molar-refractivity contribution >= 4 is 11.3 Å². The van der Waals surface area contributed by atoms with Crippen LogP contribution in [0.1, 0.15) is 46.5 Å². The molecule has 0 aliphatic heterocycles. The minimum absolute atomic E-state index is 0.403. The number of rotatable bonds is 5. The molecule has 108 valence electrons. The van der Waals surface area contributed by atoms with Crippen molar-refractivity contribution < 1.29 is 4.74 Å². The molecule has 20 heavy (non-hydrogen) atoms. The maximum Gasteiger partial charge on any atom is 0.140 e. The van der Waals surface area contributed by atoms with Gasteiger partial charge in [-0.3, -0.25) is 0 Å². The Hall–Kier alpha value is -1.39. The molecular formula is C16H22N2OS. The summed E-state index contributed by atoms with van der Waals surface area (Å²) < 4.78 is 5.83. The van der Waals surface area contributed by atoms with Gasteiger partial charge in [0, 0.05) is 11.4 Å². The number of nitrogens with two attached hydrogens (primary N) is 1. The van der Waals surface area contributed by atoms with Crippen LogP contribution in [-0.2, 0) is 13.2 Å². The topological polar surface area (TPSA) is 48.1 Å². The monoisotopic (exact) mass is 290 g/mol. The summed E-state index contributed by atoms with van der Waals surface area (Å²) in [5.74, 6) is 1.30. The van der Waals surface area contributed by atoms with Crippen LogP contribution in [0, 0.1) is 13.8 Å². The standard InChI is InChI=1S/C16H22N2OS/c1-10(2)16-14(8-17)20-15(18-16)9-19-13-6-5-11(3)12(4)7-13/h5-7,10H,8-9,17H2,1-4H3. The highest BCUT2D eigenvalue weighted by molar-refractivity contribution is 7.11. The molecule has 0 saturated heterocycles. The van der Waals surface area contributed by atoms with Gasteiger partial charge in [0.2, 0.25) is 0 Å². The SMILES string of the molecule is Cc1ccc(OCc2nc(C(C)C)c(CN)s2)cc1C. The number of aryl methyl sites for hydroxylation is 2. The molecule has 0 atom stereocenters. The van der Waals surface area contributed by atoms with Gasteiger partial charge in [0.1, 0.15) is 17.4 Å². The summed E-state index contributed by atoms with van der Waals surface area (Å²) in [7, 11) is 0. The van der Waals surface area contributed by atoms with E-state index in [9.17, 15) is 0 Å². The van der Waals surface area contributed by atoms with E-state index in [2.05, 4.69) is 44.8 Å². The Balaban J connectivity index is 2.08. The molecule has 2 aromatic rings. The van der Waals surface area contributed by atoms with Crippen molar-refractivity contribution in [1.82, 2.24) is 4.98 Å². The molecule has 0 aliphatic rings. The average Bonchev–Trinajstić information content (AvgIpc) is 2.84. The van der Waals surface area contributed by atoms with E-state index < -0.39 is 0 Å². The Kier molecular flexibility index (Phi) is 4.78. The molecule has 0 unspecified atom stereocenters. The first-order valence-corrected chi connectivity index (χ1v) is 7.71. The zero-order chi connectivity index (χ0) is 14.7. The summed E-state index contributed by atoms with van der Waals surface area (Å²) in [6.45, 7) is 9.53. The highest BCUT2D eigenvalue weighted by Crippen LogP contribution is 2.26. The van der Waals surface area contributed by atoms with Crippen LogP contribution in [0.4, 0.5) is 0 Å². The minimum Gasteiger partial charge on any atom is -0.486 e. The molecule has 1 heterocycles. The van der Waals surface area contributed by atoms with Gasteiger partial charge in [0.15, 0.2) is 0 Å². The summed E-state index contributed by atoms with van der Waals surface area (Å²) in [5.41, 5.74) is 9.40. The molecule has 4 heteroatoms. The van der Waals surface area contributed by atoms with Crippen LogP contribution < -0.4 is 10.5 Å². The van der Waals surface area contributed by atoms with Crippen LogP contribution >= 0.6 is 11.3 Å². The van der Waals surface area contributed by atoms with Gasteiger partial charge in [-0.15, -0.1) is 11.3 Å². The normalized spacial score (nSPS) is 11.1. The van der Waals surface area contributed by atoms with Gasteiger partial charge in [0.05, 0.1) is 5.69 Å². The maximum atomic E-state index is 5.83. The van der Waals surface area contributed by atoms with E-state index in [0.29, 0.717) is 19.1 Å². The van der Waals surface area contributed by atoms with Crippen molar-refractivity contribution in [1.29, 1.82) is 0 Å². The van der Waals surface area contributed by atoms with Crippen molar-refractivity contribution in [3.05, 3.63) is 44.9 Å². The lowest BCUT2D eigenvalue weighted by Gasteiger charge is -2.06. The van der Waals surface area contributed by atoms with Crippen molar-refractivity contribution in [2.24, 2.45) is 5.73 Å². The Morgan fingerprint density at radius 2 is 2.00 bits per heavy atom. The van der Waals surface area contributed by atoms with Crippen molar-refractivity contribution in [2.45, 2.75) is 46.8 Å². The van der Waals surface area contributed by atoms with Crippen molar-refractivity contribution in [3.63, 3.8) is 0 Å². The van der Waals surface area contributed by atoms with Crippen LogP contribution in [0.3, 0.4) is 0 Å². The van der Waals surface area contributed by atoms with Gasteiger partial charge in [-0.05, 0) is 43.0 Å². The van der Waals surface area contributed by atoms with Crippen LogP contribution in [0.2, 0.25) is 0 Å². The number of aromatic nitrogens is 1. The maximum absolute atomic E-state index is 5.83. The molecule has 0 saturated carbocycles. The summed E-state index contributed by atoms with van der Waals surface area (Å²) in [4.78, 5) is 5.81. The first-order valence-electron chi connectivity index (χ1n) is 6.90. The molecule has 2 N–H and O–H groups in total. The fraction of sp³-hybridized carbons (Fsp3) is 0.438. The van der Waals surface area contributed by atoms with Crippen LogP contribution in [0.15, 0.2) is 18.2 Å². The summed E-state index contributed by atoms with van der Waals surface area (Å²) >= 11 is 1.65. The molecule has 3 nitrogen and oxygen atoms in total. The quantitative estimate of drug-likeness (QED) is 0.908. The average molecular weight is 290 g/mol. The summed E-state index contributed by atoms with van der Waals surface area (Å²) in [6.07, 6.45) is 0. The Bertz CT molecular complexity index is 590. The molecule has 1 aromatic heterocycles. The van der Waals surface area contributed by atoms with Gasteiger partial charge in [-0.2, -0.15) is 0 Å². The van der Waals surface area contributed by atoms with E-state index in [1.807, 2.05) is 6.07 Å². The Morgan fingerprint density at radius 1 is 1.25 bits per heavy atom. The molecule has 2 rings (SSSR count). The molecular weight excluding hydrogens is 268 g/mol. The largest absolute Gasteiger partial charge is 0.486 e. The van der Waals surface area contributed by atoms with Crippen LogP contribution in [-0.4, -0.2) is 4.98 Å². The molecule has 0 aliphatic carbocycles. The third-order valence-corrected chi connectivity index (χ3v) is 4.41. The second kappa shape index (κ2) is 6.37. The van der Waals surface area contributed by atoms with Gasteiger partial charge in [0.25, 0.3) is 0 Å². The molecule has 0 radical (unpaired) electrons. The number of thiazole rings is 1. The predicted molar refractivity (Wildman–Crippen MR) is 84.3 cm³/mol. The lowest BCUT2D eigenvalue weighted by atomic mass is 10.1. The van der Waals surface area contributed by atoms with Crippen LogP contribution in [0.25, 0.3) is 0 Å². The molecule has 0 amide bonds. The van der Waals surface area contributed by atoms with E-state index >= 15 is 0 Å². The predicted octanol–water partition coefficient (Wildman–Crippen LogP) is 3.92. The van der Waals surface area contributed by atoms with E-state index in [4.69, 9.17) is 10.5 Å². The lowest BCUT2D eigenvalue weighted by Crippen LogP contribution is -2.00. The van der Waals surface area contributed by atoms with E-state index in [-0.39, 0.29) is 0 Å². The number of nitrogens with zero attached hydrogens (tertiary/aromatic N) is 1. The highest BCUT2D eigenvalue weighted by Gasteiger charge is 2.13. The van der Waals surface area contributed by atoms with Gasteiger partial charge >= 0.3 is 0 Å². The number of ether oxygens (including phenoxy) is 1. The Labute approximate surface area is 124 Å². The number of benzene rings is 1. The second-order valence-electron chi connectivity index (χ2n) is 5.31. The fourth-order valence-electron chi connectivity index (χ4n) is 2.02. The summed E-state index contributed by atoms with van der Waals surface area (Å²) in [5, 5.41) is 0.993. The van der Waals surface area contributed by atoms with Crippen molar-refractivity contribution in [2.75, 3.05) is 0 Å². The molecule has 0 bridgehead atoms. The van der Waals surface area contributed by atoms with Crippen molar-refractivity contribution in [3.8, 4) is 5.75 Å². The summed E-state index contributed by atoms with van der Waals surface area (Å²) in [6, 6.07) is 6.15. The number of hydrogen-bond acceptors (Lipinski definition) is 4. The first-order chi connectivity index (χ1) is 9.51. The number of hydrogen-bond donors (Lipinski definition) is 1. The van der Waals surface area contributed by atoms with Gasteiger partial charge < -0.3 is 10.5 Å². The lowest BCUT2D eigenvalue weighted by molar-refractivity contribution is 0.305. The third-order valence-electron chi connectivity index (χ3n) is 3.34. The zero-order valence-electron chi connectivity index (χ0n) is 12.6. The fourth-order valence-corrected chi connectivity index (χ4v) is 3.04. The Morgan fingerprint density at radius 3 is 2.55 bits per heavy atom. The van der Waals surface area contributed by atoms with E-state index in [1.54, 1.807) is 11.3 Å². The smallest absolute Gasteiger partial charge is 0.140 e. The van der Waals surface area contributed by atoms with E-state index in [0.717, 1.165) is 16.5 Å². The molecule has 0 fully saturated rings. The minimum atomic E-state index is 0.403. The second-order valence-corrected chi connectivity index (χ2v) is 6.48. The highest BCUT2D eigenvalue weighted by atomic mass is 32.1.